The van der Waals surface area contributed by atoms with Gasteiger partial charge in [-0.05, 0) is 68.3 Å². The molecule has 1 fully saturated rings. The van der Waals surface area contributed by atoms with Gasteiger partial charge in [-0.3, -0.25) is 9.98 Å². The van der Waals surface area contributed by atoms with Crippen molar-refractivity contribution in [2.24, 2.45) is 4.99 Å². The molecule has 0 amide bonds. The lowest BCUT2D eigenvalue weighted by Gasteiger charge is -2.32. The van der Waals surface area contributed by atoms with E-state index in [0.717, 1.165) is 17.9 Å². The maximum Gasteiger partial charge on any atom is 0.160 e. The van der Waals surface area contributed by atoms with Crippen LogP contribution in [0.3, 0.4) is 0 Å². The average molecular weight is 446 g/mol. The molecular weight excluding hydrogens is 414 g/mol. The smallest absolute Gasteiger partial charge is 0.160 e. The van der Waals surface area contributed by atoms with Crippen LogP contribution < -0.4 is 4.90 Å². The first-order valence-electron chi connectivity index (χ1n) is 11.4. The Balaban J connectivity index is 1.60. The number of aryl methyl sites for hydroxylation is 1. The van der Waals surface area contributed by atoms with E-state index in [1.165, 1.54) is 33.5 Å². The summed E-state index contributed by atoms with van der Waals surface area (Å²) in [6.45, 7) is 6.74. The fraction of sp³-hybridized carbons (Fsp3) is 0.385. The highest BCUT2D eigenvalue weighted by Crippen LogP contribution is 2.49. The molecule has 0 saturated carbocycles. The minimum absolute atomic E-state index is 0.0260. The summed E-state index contributed by atoms with van der Waals surface area (Å²) in [5.41, 5.74) is 7.36. The molecule has 0 unspecified atom stereocenters. The van der Waals surface area contributed by atoms with Crippen LogP contribution in [0.25, 0.3) is 5.69 Å². The van der Waals surface area contributed by atoms with E-state index in [2.05, 4.69) is 91.7 Å². The summed E-state index contributed by atoms with van der Waals surface area (Å²) in [7, 11) is 4.15. The summed E-state index contributed by atoms with van der Waals surface area (Å²) in [6, 6.07) is 18.1. The second kappa shape index (κ2) is 8.32. The Morgan fingerprint density at radius 1 is 1.09 bits per heavy atom. The molecule has 5 rings (SSSR count). The Hall–Kier alpha value is -2.73. The maximum atomic E-state index is 5.19. The molecule has 3 atom stereocenters. The van der Waals surface area contributed by atoms with Crippen LogP contribution in [0, 0.1) is 13.8 Å². The zero-order chi connectivity index (χ0) is 22.4. The fourth-order valence-electron chi connectivity index (χ4n) is 5.07. The normalized spacial score (nSPS) is 22.2. The molecule has 2 aliphatic heterocycles. The summed E-state index contributed by atoms with van der Waals surface area (Å²) in [6.07, 6.45) is 3.01. The molecule has 3 aromatic rings. The molecular formula is C26H31N5S. The molecule has 6 heteroatoms. The van der Waals surface area contributed by atoms with E-state index in [0.29, 0.717) is 6.04 Å². The van der Waals surface area contributed by atoms with Crippen molar-refractivity contribution in [3.05, 3.63) is 77.4 Å². The first-order valence-corrected chi connectivity index (χ1v) is 12.3. The highest BCUT2D eigenvalue weighted by Gasteiger charge is 2.46. The number of thioether (sulfide) groups is 1. The number of nitrogens with zero attached hydrogens (tertiary/aromatic N) is 5. The van der Waals surface area contributed by atoms with E-state index >= 15 is 0 Å². The number of rotatable bonds is 5. The van der Waals surface area contributed by atoms with Gasteiger partial charge in [0.05, 0.1) is 11.7 Å². The molecule has 1 aromatic carbocycles. The number of amidine groups is 1. The van der Waals surface area contributed by atoms with Gasteiger partial charge in [0.2, 0.25) is 0 Å². The van der Waals surface area contributed by atoms with Gasteiger partial charge in [0.15, 0.2) is 5.17 Å². The second-order valence-corrected chi connectivity index (χ2v) is 9.90. The molecule has 5 nitrogen and oxygen atoms in total. The Morgan fingerprint density at radius 2 is 1.88 bits per heavy atom. The van der Waals surface area contributed by atoms with Crippen LogP contribution in [-0.2, 0) is 0 Å². The Labute approximate surface area is 195 Å². The molecule has 4 heterocycles. The van der Waals surface area contributed by atoms with Crippen molar-refractivity contribution in [3.8, 4) is 5.69 Å². The largest absolute Gasteiger partial charge is 0.378 e. The average Bonchev–Trinajstić information content (AvgIpc) is 3.46. The van der Waals surface area contributed by atoms with Crippen molar-refractivity contribution in [1.82, 2.24) is 14.5 Å². The van der Waals surface area contributed by atoms with Crippen LogP contribution in [0.4, 0.5) is 5.69 Å². The number of fused-ring (bicyclic) bond motifs is 1. The van der Waals surface area contributed by atoms with Crippen LogP contribution >= 0.6 is 11.8 Å². The van der Waals surface area contributed by atoms with E-state index in [-0.39, 0.29) is 12.1 Å². The van der Waals surface area contributed by atoms with Crippen LogP contribution in [-0.4, -0.2) is 45.5 Å². The summed E-state index contributed by atoms with van der Waals surface area (Å²) >= 11 is 1.90. The van der Waals surface area contributed by atoms with Gasteiger partial charge in [-0.2, -0.15) is 0 Å². The molecule has 32 heavy (non-hydrogen) atoms. The lowest BCUT2D eigenvalue weighted by molar-refractivity contribution is 0.254. The number of aliphatic imine (C=N–C) groups is 1. The van der Waals surface area contributed by atoms with Crippen molar-refractivity contribution < 1.29 is 0 Å². The number of aromatic nitrogens is 2. The third kappa shape index (κ3) is 3.41. The van der Waals surface area contributed by atoms with Gasteiger partial charge in [-0.15, -0.1) is 0 Å². The molecule has 1 saturated heterocycles. The van der Waals surface area contributed by atoms with Gasteiger partial charge in [0.1, 0.15) is 6.04 Å². The minimum Gasteiger partial charge on any atom is -0.378 e. The van der Waals surface area contributed by atoms with Gasteiger partial charge in [-0.25, -0.2) is 0 Å². The zero-order valence-electron chi connectivity index (χ0n) is 19.5. The van der Waals surface area contributed by atoms with Crippen LogP contribution in [0.5, 0.6) is 0 Å². The van der Waals surface area contributed by atoms with E-state index in [9.17, 15) is 0 Å². The van der Waals surface area contributed by atoms with Crippen LogP contribution in [0.15, 0.2) is 59.7 Å². The van der Waals surface area contributed by atoms with Gasteiger partial charge >= 0.3 is 0 Å². The van der Waals surface area contributed by atoms with Crippen molar-refractivity contribution in [1.29, 1.82) is 0 Å². The fourth-order valence-corrected chi connectivity index (χ4v) is 6.41. The standard InChI is InChI=1S/C26H31N5S/c1-6-19-16-32-26-28-24(23-9-7-8-14-27-23)25(31(19)26)22-15-17(2)30(18(22)3)21-12-10-20(11-13-21)29(4)5/h7-15,19,24-25H,6,16H2,1-5H3/t19-,24+,25+/m1/s1. The molecule has 2 aromatic heterocycles. The lowest BCUT2D eigenvalue weighted by atomic mass is 9.95. The Bertz CT molecular complexity index is 1130. The van der Waals surface area contributed by atoms with E-state index < -0.39 is 0 Å². The molecule has 0 aliphatic carbocycles. The Morgan fingerprint density at radius 3 is 2.53 bits per heavy atom. The molecule has 0 N–H and O–H groups in total. The van der Waals surface area contributed by atoms with Crippen molar-refractivity contribution >= 4 is 22.6 Å². The van der Waals surface area contributed by atoms with Crippen LogP contribution in [0.1, 0.15) is 48.1 Å². The topological polar surface area (TPSA) is 36.7 Å². The van der Waals surface area contributed by atoms with Gasteiger partial charge in [0, 0.05) is 54.8 Å². The number of hydrogen-bond acceptors (Lipinski definition) is 5. The predicted octanol–water partition coefficient (Wildman–Crippen LogP) is 5.53. The summed E-state index contributed by atoms with van der Waals surface area (Å²) in [4.78, 5) is 14.6. The summed E-state index contributed by atoms with van der Waals surface area (Å²) < 4.78 is 2.38. The minimum atomic E-state index is 0.0260. The van der Waals surface area contributed by atoms with Gasteiger partial charge in [-0.1, -0.05) is 24.8 Å². The van der Waals surface area contributed by atoms with Crippen molar-refractivity contribution in [3.63, 3.8) is 0 Å². The number of pyridine rings is 1. The number of benzene rings is 1. The first-order chi connectivity index (χ1) is 15.5. The van der Waals surface area contributed by atoms with E-state index in [1.807, 2.05) is 24.0 Å². The van der Waals surface area contributed by atoms with Gasteiger partial charge in [0.25, 0.3) is 0 Å². The summed E-state index contributed by atoms with van der Waals surface area (Å²) in [5, 5.41) is 1.18. The molecule has 2 aliphatic rings. The van der Waals surface area contributed by atoms with E-state index in [1.54, 1.807) is 0 Å². The quantitative estimate of drug-likeness (QED) is 0.517. The molecule has 166 valence electrons. The maximum absolute atomic E-state index is 5.19. The molecule has 0 bridgehead atoms. The zero-order valence-corrected chi connectivity index (χ0v) is 20.3. The van der Waals surface area contributed by atoms with Crippen molar-refractivity contribution in [2.45, 2.75) is 45.3 Å². The summed E-state index contributed by atoms with van der Waals surface area (Å²) in [5.74, 6) is 1.12. The molecule has 0 spiro atoms. The third-order valence-electron chi connectivity index (χ3n) is 6.74. The highest BCUT2D eigenvalue weighted by molar-refractivity contribution is 8.14. The SMILES string of the molecule is CC[C@@H]1CSC2=N[C@@H](c3ccccn3)[C@H](c3cc(C)n(-c4ccc(N(C)C)cc4)c3C)N21. The van der Waals surface area contributed by atoms with Crippen LogP contribution in [0.2, 0.25) is 0 Å². The number of anilines is 1. The molecule has 0 radical (unpaired) electrons. The third-order valence-corrected chi connectivity index (χ3v) is 7.87. The lowest BCUT2D eigenvalue weighted by Crippen LogP contribution is -2.35. The van der Waals surface area contributed by atoms with E-state index in [4.69, 9.17) is 9.98 Å². The first kappa shape index (κ1) is 21.1. The monoisotopic (exact) mass is 445 g/mol. The Kier molecular flexibility index (Phi) is 5.49. The number of hydrogen-bond donors (Lipinski definition) is 0. The highest BCUT2D eigenvalue weighted by atomic mass is 32.2. The predicted molar refractivity (Wildman–Crippen MR) is 135 cm³/mol. The van der Waals surface area contributed by atoms with Crippen molar-refractivity contribution in [2.75, 3.05) is 24.7 Å². The second-order valence-electron chi connectivity index (χ2n) is 8.91. The van der Waals surface area contributed by atoms with Gasteiger partial charge < -0.3 is 14.4 Å².